The Kier molecular flexibility index (Phi) is 6.95. The number of likely N-dealkylation sites (tertiary alicyclic amines) is 1. The second-order valence-corrected chi connectivity index (χ2v) is 8.44. The van der Waals surface area contributed by atoms with Gasteiger partial charge < -0.3 is 19.5 Å². The zero-order valence-electron chi connectivity index (χ0n) is 17.7. The lowest BCUT2D eigenvalue weighted by Crippen LogP contribution is -2.31. The molecule has 0 saturated carbocycles. The molecule has 0 spiro atoms. The minimum atomic E-state index is -0.661. The van der Waals surface area contributed by atoms with Gasteiger partial charge in [-0.2, -0.15) is 0 Å². The van der Waals surface area contributed by atoms with Crippen LogP contribution in [0.15, 0.2) is 41.3 Å². The molecule has 1 fully saturated rings. The number of hydrogen-bond acceptors (Lipinski definition) is 6. The van der Waals surface area contributed by atoms with E-state index >= 15 is 0 Å². The van der Waals surface area contributed by atoms with Crippen LogP contribution in [-0.4, -0.2) is 48.1 Å². The van der Waals surface area contributed by atoms with Gasteiger partial charge in [0.2, 0.25) is 0 Å². The fourth-order valence-electron chi connectivity index (χ4n) is 3.58. The van der Waals surface area contributed by atoms with Crippen LogP contribution in [0.3, 0.4) is 0 Å². The lowest BCUT2D eigenvalue weighted by atomic mass is 9.97. The minimum absolute atomic E-state index is 0.103. The second kappa shape index (κ2) is 9.45. The Morgan fingerprint density at radius 3 is 2.63 bits per heavy atom. The van der Waals surface area contributed by atoms with E-state index in [2.05, 4.69) is 0 Å². The molecule has 1 aromatic carbocycles. The number of amides is 1. The summed E-state index contributed by atoms with van der Waals surface area (Å²) in [6.45, 7) is 6.61. The second-order valence-electron chi connectivity index (χ2n) is 7.46. The van der Waals surface area contributed by atoms with Crippen molar-refractivity contribution in [2.45, 2.75) is 39.3 Å². The van der Waals surface area contributed by atoms with Crippen LogP contribution in [0.2, 0.25) is 0 Å². The molecule has 1 saturated heterocycles. The first kappa shape index (κ1) is 22.1. The van der Waals surface area contributed by atoms with Gasteiger partial charge in [0.05, 0.1) is 24.8 Å². The highest BCUT2D eigenvalue weighted by Gasteiger charge is 2.46. The molecule has 7 heteroatoms. The van der Waals surface area contributed by atoms with Crippen molar-refractivity contribution in [2.24, 2.45) is 0 Å². The molecule has 1 aliphatic heterocycles. The number of ether oxygens (including phenoxy) is 2. The smallest absolute Gasteiger partial charge is 0.295 e. The highest BCUT2D eigenvalue weighted by molar-refractivity contribution is 7.10. The van der Waals surface area contributed by atoms with Gasteiger partial charge in [-0.25, -0.2) is 0 Å². The van der Waals surface area contributed by atoms with Crippen LogP contribution < -0.4 is 4.74 Å². The molecule has 1 aromatic heterocycles. The Labute approximate surface area is 180 Å². The number of thiophene rings is 1. The SMILES string of the molecule is COc1ccc(/C(O)=C2/C(=O)C(=O)N(CCCOC(C)C)C2c2cccs2)c(C)c1. The average molecular weight is 430 g/mol. The van der Waals surface area contributed by atoms with Gasteiger partial charge in [0.15, 0.2) is 0 Å². The Balaban J connectivity index is 2.00. The molecule has 3 rings (SSSR count). The minimum Gasteiger partial charge on any atom is -0.507 e. The number of ketones is 1. The fraction of sp³-hybridized carbons (Fsp3) is 0.391. The van der Waals surface area contributed by atoms with Crippen LogP contribution in [0, 0.1) is 6.92 Å². The predicted molar refractivity (Wildman–Crippen MR) is 117 cm³/mol. The predicted octanol–water partition coefficient (Wildman–Crippen LogP) is 4.30. The van der Waals surface area contributed by atoms with Crippen molar-refractivity contribution in [1.82, 2.24) is 4.90 Å². The van der Waals surface area contributed by atoms with E-state index in [9.17, 15) is 14.7 Å². The molecule has 1 amide bonds. The molecular weight excluding hydrogens is 402 g/mol. The van der Waals surface area contributed by atoms with Crippen molar-refractivity contribution in [3.8, 4) is 5.75 Å². The number of rotatable bonds is 8. The molecule has 30 heavy (non-hydrogen) atoms. The molecule has 0 bridgehead atoms. The molecule has 2 aromatic rings. The molecule has 160 valence electrons. The van der Waals surface area contributed by atoms with E-state index in [0.29, 0.717) is 30.9 Å². The lowest BCUT2D eigenvalue weighted by molar-refractivity contribution is -0.140. The summed E-state index contributed by atoms with van der Waals surface area (Å²) in [4.78, 5) is 28.2. The number of hydrogen-bond donors (Lipinski definition) is 1. The summed E-state index contributed by atoms with van der Waals surface area (Å²) in [5.41, 5.74) is 1.40. The van der Waals surface area contributed by atoms with E-state index in [0.717, 1.165) is 10.4 Å². The van der Waals surface area contributed by atoms with E-state index in [1.165, 1.54) is 11.3 Å². The summed E-state index contributed by atoms with van der Waals surface area (Å²) in [5.74, 6) is -0.756. The fourth-order valence-corrected chi connectivity index (χ4v) is 4.43. The van der Waals surface area contributed by atoms with Crippen molar-refractivity contribution in [1.29, 1.82) is 0 Å². The van der Waals surface area contributed by atoms with Gasteiger partial charge >= 0.3 is 0 Å². The Morgan fingerprint density at radius 2 is 2.03 bits per heavy atom. The molecule has 1 unspecified atom stereocenters. The van der Waals surface area contributed by atoms with Gasteiger partial charge in [0.25, 0.3) is 11.7 Å². The molecule has 2 heterocycles. The van der Waals surface area contributed by atoms with Gasteiger partial charge in [0, 0.05) is 23.6 Å². The van der Waals surface area contributed by atoms with Gasteiger partial charge in [-0.1, -0.05) is 6.07 Å². The maximum Gasteiger partial charge on any atom is 0.295 e. The van der Waals surface area contributed by atoms with Crippen molar-refractivity contribution < 1.29 is 24.2 Å². The third-order valence-electron chi connectivity index (χ3n) is 5.04. The topological polar surface area (TPSA) is 76.1 Å². The number of benzene rings is 1. The van der Waals surface area contributed by atoms with Crippen LogP contribution in [-0.2, 0) is 14.3 Å². The summed E-state index contributed by atoms with van der Waals surface area (Å²) in [5, 5.41) is 13.0. The van der Waals surface area contributed by atoms with Crippen molar-refractivity contribution in [3.63, 3.8) is 0 Å². The maximum atomic E-state index is 13.0. The normalized spacial score (nSPS) is 18.4. The summed E-state index contributed by atoms with van der Waals surface area (Å²) >= 11 is 1.46. The molecule has 0 radical (unpaired) electrons. The third kappa shape index (κ3) is 4.42. The standard InChI is InChI=1S/C23H27NO5S/c1-14(2)29-11-6-10-24-20(18-7-5-12-30-18)19(22(26)23(24)27)21(25)17-9-8-16(28-4)13-15(17)3/h5,7-9,12-14,20,25H,6,10-11H2,1-4H3/b21-19-. The first-order valence-electron chi connectivity index (χ1n) is 9.93. The third-order valence-corrected chi connectivity index (χ3v) is 5.96. The summed E-state index contributed by atoms with van der Waals surface area (Å²) < 4.78 is 10.8. The average Bonchev–Trinajstić information content (AvgIpc) is 3.32. The molecule has 0 aliphatic carbocycles. The van der Waals surface area contributed by atoms with E-state index in [1.807, 2.05) is 38.3 Å². The van der Waals surface area contributed by atoms with Crippen molar-refractivity contribution in [2.75, 3.05) is 20.3 Å². The van der Waals surface area contributed by atoms with Crippen molar-refractivity contribution >= 4 is 28.8 Å². The number of nitrogens with zero attached hydrogens (tertiary/aromatic N) is 1. The number of Topliss-reactive ketones (excluding diaryl/α,β-unsaturated/α-hetero) is 1. The van der Waals surface area contributed by atoms with Crippen LogP contribution in [0.4, 0.5) is 0 Å². The molecular formula is C23H27NO5S. The quantitative estimate of drug-likeness (QED) is 0.293. The number of aryl methyl sites for hydroxylation is 1. The number of aliphatic hydroxyl groups is 1. The lowest BCUT2D eigenvalue weighted by Gasteiger charge is -2.24. The van der Waals surface area contributed by atoms with Crippen LogP contribution >= 0.6 is 11.3 Å². The number of aliphatic hydroxyl groups excluding tert-OH is 1. The van der Waals surface area contributed by atoms with Crippen LogP contribution in [0.25, 0.3) is 5.76 Å². The highest BCUT2D eigenvalue weighted by atomic mass is 32.1. The summed E-state index contributed by atoms with van der Waals surface area (Å²) in [7, 11) is 1.57. The van der Waals surface area contributed by atoms with Gasteiger partial charge in [-0.05, 0) is 62.4 Å². The summed E-state index contributed by atoms with van der Waals surface area (Å²) in [6, 6.07) is 8.37. The van der Waals surface area contributed by atoms with E-state index in [4.69, 9.17) is 9.47 Å². The molecule has 1 aliphatic rings. The Hall–Kier alpha value is -2.64. The zero-order valence-corrected chi connectivity index (χ0v) is 18.5. The molecule has 1 N–H and O–H groups in total. The molecule has 1 atom stereocenters. The highest BCUT2D eigenvalue weighted by Crippen LogP contribution is 2.41. The largest absolute Gasteiger partial charge is 0.507 e. The number of carbonyl (C=O) groups excluding carboxylic acids is 2. The first-order valence-corrected chi connectivity index (χ1v) is 10.8. The number of methoxy groups -OCH3 is 1. The van der Waals surface area contributed by atoms with E-state index in [-0.39, 0.29) is 17.4 Å². The van der Waals surface area contributed by atoms with Gasteiger partial charge in [-0.3, -0.25) is 9.59 Å². The van der Waals surface area contributed by atoms with Crippen molar-refractivity contribution in [3.05, 3.63) is 57.3 Å². The number of carbonyl (C=O) groups is 2. The first-order chi connectivity index (χ1) is 14.3. The monoisotopic (exact) mass is 429 g/mol. The van der Waals surface area contributed by atoms with Gasteiger partial charge in [-0.15, -0.1) is 11.3 Å². The van der Waals surface area contributed by atoms with Crippen LogP contribution in [0.5, 0.6) is 5.75 Å². The van der Waals surface area contributed by atoms with Crippen LogP contribution in [0.1, 0.15) is 42.3 Å². The Morgan fingerprint density at radius 1 is 1.27 bits per heavy atom. The van der Waals surface area contributed by atoms with Gasteiger partial charge in [0.1, 0.15) is 11.5 Å². The summed E-state index contributed by atoms with van der Waals surface area (Å²) in [6.07, 6.45) is 0.709. The Bertz CT molecular complexity index is 949. The maximum absolute atomic E-state index is 13.0. The van der Waals surface area contributed by atoms with E-state index in [1.54, 1.807) is 30.2 Å². The zero-order chi connectivity index (χ0) is 21.8. The van der Waals surface area contributed by atoms with E-state index < -0.39 is 17.7 Å². The molecule has 6 nitrogen and oxygen atoms in total.